The van der Waals surface area contributed by atoms with Gasteiger partial charge in [0.25, 0.3) is 0 Å². The van der Waals surface area contributed by atoms with Crippen LogP contribution in [-0.2, 0) is 18.5 Å². The van der Waals surface area contributed by atoms with Crippen LogP contribution in [0, 0.1) is 5.92 Å². The zero-order valence-electron chi connectivity index (χ0n) is 17.2. The Morgan fingerprint density at radius 1 is 0.962 bits per heavy atom. The van der Waals surface area contributed by atoms with Gasteiger partial charge in [-0.15, -0.1) is 12.4 Å². The van der Waals surface area contributed by atoms with E-state index in [0.29, 0.717) is 5.92 Å². The van der Waals surface area contributed by atoms with Crippen molar-refractivity contribution in [1.29, 1.82) is 0 Å². The van der Waals surface area contributed by atoms with Crippen LogP contribution in [0.4, 0.5) is 0 Å². The van der Waals surface area contributed by atoms with Crippen LogP contribution in [-0.4, -0.2) is 11.9 Å². The molecule has 0 aliphatic heterocycles. The SMILES string of the molecule is C=C(c1cccc(CN(C)Cc2ccc(C(C)(C)C)cc2)c1)C(C)C.Cl. The van der Waals surface area contributed by atoms with Crippen molar-refractivity contribution < 1.29 is 0 Å². The van der Waals surface area contributed by atoms with Crippen LogP contribution in [0.15, 0.2) is 55.1 Å². The molecule has 0 amide bonds. The molecular formula is C24H34ClN. The minimum Gasteiger partial charge on any atom is -0.298 e. The summed E-state index contributed by atoms with van der Waals surface area (Å²) in [7, 11) is 2.18. The number of halogens is 1. The molecule has 0 aromatic heterocycles. The second kappa shape index (κ2) is 9.39. The fourth-order valence-corrected chi connectivity index (χ4v) is 2.99. The van der Waals surface area contributed by atoms with Gasteiger partial charge in [0.15, 0.2) is 0 Å². The molecule has 2 heteroatoms. The molecule has 0 radical (unpaired) electrons. The second-order valence-electron chi connectivity index (χ2n) is 8.50. The second-order valence-corrected chi connectivity index (χ2v) is 8.50. The van der Waals surface area contributed by atoms with Crippen LogP contribution >= 0.6 is 12.4 Å². The van der Waals surface area contributed by atoms with E-state index in [1.54, 1.807) is 0 Å². The van der Waals surface area contributed by atoms with Crippen molar-refractivity contribution in [2.75, 3.05) is 7.05 Å². The maximum Gasteiger partial charge on any atom is 0.0234 e. The van der Waals surface area contributed by atoms with E-state index in [9.17, 15) is 0 Å². The fourth-order valence-electron chi connectivity index (χ4n) is 2.99. The molecule has 0 bridgehead atoms. The molecule has 0 aliphatic rings. The average molecular weight is 372 g/mol. The van der Waals surface area contributed by atoms with Crippen molar-refractivity contribution in [3.8, 4) is 0 Å². The van der Waals surface area contributed by atoms with Gasteiger partial charge in [-0.2, -0.15) is 0 Å². The van der Waals surface area contributed by atoms with E-state index >= 15 is 0 Å². The number of rotatable bonds is 6. The Morgan fingerprint density at radius 2 is 1.54 bits per heavy atom. The van der Waals surface area contributed by atoms with E-state index in [1.165, 1.54) is 27.8 Å². The summed E-state index contributed by atoms with van der Waals surface area (Å²) in [5.41, 5.74) is 6.77. The standard InChI is InChI=1S/C24H33N.ClH/c1-18(2)19(3)22-10-8-9-21(15-22)17-25(7)16-20-11-13-23(14-12-20)24(4,5)6;/h8-15,18H,3,16-17H2,1-2,4-7H3;1H. The van der Waals surface area contributed by atoms with Crippen LogP contribution in [0.2, 0.25) is 0 Å². The van der Waals surface area contributed by atoms with E-state index in [2.05, 4.69) is 102 Å². The van der Waals surface area contributed by atoms with Gasteiger partial charge in [0.2, 0.25) is 0 Å². The highest BCUT2D eigenvalue weighted by Gasteiger charge is 2.13. The van der Waals surface area contributed by atoms with Crippen LogP contribution < -0.4 is 0 Å². The Kier molecular flexibility index (Phi) is 8.12. The van der Waals surface area contributed by atoms with Crippen LogP contribution in [0.1, 0.15) is 56.9 Å². The molecule has 2 aromatic carbocycles. The molecule has 2 rings (SSSR count). The van der Waals surface area contributed by atoms with Gasteiger partial charge >= 0.3 is 0 Å². The predicted octanol–water partition coefficient (Wildman–Crippen LogP) is 6.71. The van der Waals surface area contributed by atoms with E-state index in [0.717, 1.165) is 13.1 Å². The predicted molar refractivity (Wildman–Crippen MR) is 118 cm³/mol. The molecule has 0 atom stereocenters. The molecular weight excluding hydrogens is 338 g/mol. The zero-order valence-corrected chi connectivity index (χ0v) is 18.0. The Hall–Kier alpha value is -1.57. The summed E-state index contributed by atoms with van der Waals surface area (Å²) in [6.07, 6.45) is 0. The zero-order chi connectivity index (χ0) is 18.6. The molecule has 0 saturated carbocycles. The maximum absolute atomic E-state index is 4.23. The summed E-state index contributed by atoms with van der Waals surface area (Å²) >= 11 is 0. The molecule has 0 unspecified atom stereocenters. The van der Waals surface area contributed by atoms with Crippen molar-refractivity contribution in [3.05, 3.63) is 77.4 Å². The summed E-state index contributed by atoms with van der Waals surface area (Å²) in [6.45, 7) is 17.3. The molecule has 0 saturated heterocycles. The largest absolute Gasteiger partial charge is 0.298 e. The smallest absolute Gasteiger partial charge is 0.0234 e. The number of hydrogen-bond donors (Lipinski definition) is 0. The van der Waals surface area contributed by atoms with E-state index in [4.69, 9.17) is 0 Å². The van der Waals surface area contributed by atoms with Crippen molar-refractivity contribution in [3.63, 3.8) is 0 Å². The molecule has 142 valence electrons. The van der Waals surface area contributed by atoms with E-state index in [1.807, 2.05) is 0 Å². The van der Waals surface area contributed by atoms with Crippen LogP contribution in [0.25, 0.3) is 5.57 Å². The fraction of sp³-hybridized carbons (Fsp3) is 0.417. The highest BCUT2D eigenvalue weighted by Crippen LogP contribution is 2.24. The third-order valence-corrected chi connectivity index (χ3v) is 4.72. The summed E-state index contributed by atoms with van der Waals surface area (Å²) in [6, 6.07) is 17.8. The van der Waals surface area contributed by atoms with E-state index in [-0.39, 0.29) is 17.8 Å². The molecule has 0 fully saturated rings. The van der Waals surface area contributed by atoms with Crippen molar-refractivity contribution >= 4 is 18.0 Å². The van der Waals surface area contributed by atoms with Crippen molar-refractivity contribution in [1.82, 2.24) is 4.90 Å². The van der Waals surface area contributed by atoms with Gasteiger partial charge in [-0.25, -0.2) is 0 Å². The highest BCUT2D eigenvalue weighted by molar-refractivity contribution is 5.85. The minimum atomic E-state index is 0. The maximum atomic E-state index is 4.23. The summed E-state index contributed by atoms with van der Waals surface area (Å²) < 4.78 is 0. The first-order valence-corrected chi connectivity index (χ1v) is 9.23. The van der Waals surface area contributed by atoms with Crippen LogP contribution in [0.3, 0.4) is 0 Å². The molecule has 0 aliphatic carbocycles. The Bertz CT molecular complexity index is 708. The lowest BCUT2D eigenvalue weighted by Crippen LogP contribution is -2.17. The van der Waals surface area contributed by atoms with Gasteiger partial charge in [-0.3, -0.25) is 4.90 Å². The summed E-state index contributed by atoms with van der Waals surface area (Å²) in [5.74, 6) is 0.481. The van der Waals surface area contributed by atoms with Gasteiger partial charge in [-0.1, -0.05) is 89.7 Å². The number of nitrogens with zero attached hydrogens (tertiary/aromatic N) is 1. The molecule has 26 heavy (non-hydrogen) atoms. The quantitative estimate of drug-likeness (QED) is 0.545. The first kappa shape index (κ1) is 22.5. The third-order valence-electron chi connectivity index (χ3n) is 4.72. The van der Waals surface area contributed by atoms with Gasteiger partial charge in [0.1, 0.15) is 0 Å². The molecule has 0 N–H and O–H groups in total. The highest BCUT2D eigenvalue weighted by atomic mass is 35.5. The van der Waals surface area contributed by atoms with Gasteiger partial charge < -0.3 is 0 Å². The molecule has 0 heterocycles. The molecule has 2 aromatic rings. The summed E-state index contributed by atoms with van der Waals surface area (Å²) in [5, 5.41) is 0. The number of allylic oxidation sites excluding steroid dienone is 1. The topological polar surface area (TPSA) is 3.24 Å². The molecule has 1 nitrogen and oxygen atoms in total. The minimum absolute atomic E-state index is 0. The van der Waals surface area contributed by atoms with Crippen LogP contribution in [0.5, 0.6) is 0 Å². The first-order chi connectivity index (χ1) is 11.7. The normalized spacial score (nSPS) is 11.5. The van der Waals surface area contributed by atoms with Gasteiger partial charge in [0, 0.05) is 13.1 Å². The molecule has 0 spiro atoms. The number of hydrogen-bond acceptors (Lipinski definition) is 1. The van der Waals surface area contributed by atoms with Gasteiger partial charge in [0.05, 0.1) is 0 Å². The van der Waals surface area contributed by atoms with E-state index < -0.39 is 0 Å². The number of benzene rings is 2. The summed E-state index contributed by atoms with van der Waals surface area (Å²) in [4.78, 5) is 2.36. The average Bonchev–Trinajstić information content (AvgIpc) is 2.53. The van der Waals surface area contributed by atoms with Gasteiger partial charge in [-0.05, 0) is 46.2 Å². The lowest BCUT2D eigenvalue weighted by molar-refractivity contribution is 0.319. The monoisotopic (exact) mass is 371 g/mol. The lowest BCUT2D eigenvalue weighted by Gasteiger charge is -2.21. The van der Waals surface area contributed by atoms with Crippen molar-refractivity contribution in [2.45, 2.75) is 53.1 Å². The van der Waals surface area contributed by atoms with Crippen molar-refractivity contribution in [2.24, 2.45) is 5.92 Å². The first-order valence-electron chi connectivity index (χ1n) is 9.23. The Morgan fingerprint density at radius 3 is 2.08 bits per heavy atom. The Labute approximate surface area is 166 Å². The third kappa shape index (κ3) is 6.30. The lowest BCUT2D eigenvalue weighted by atomic mass is 9.87. The Balaban J connectivity index is 0.00000338.